The Kier molecular flexibility index (Phi) is 6.48. The molecule has 9 heteroatoms. The van der Waals surface area contributed by atoms with Crippen molar-refractivity contribution in [2.24, 2.45) is 4.99 Å². The average Bonchev–Trinajstić information content (AvgIpc) is 3.46. The number of carbonyl (C=O) groups excluding carboxylic acids is 1. The van der Waals surface area contributed by atoms with Crippen molar-refractivity contribution in [2.75, 3.05) is 45.1 Å². The highest BCUT2D eigenvalue weighted by molar-refractivity contribution is 6.16. The van der Waals surface area contributed by atoms with Crippen LogP contribution in [0, 0.1) is 0 Å². The van der Waals surface area contributed by atoms with Crippen molar-refractivity contribution in [3.05, 3.63) is 96.5 Å². The number of piperazine rings is 1. The number of hydrogen-bond acceptors (Lipinski definition) is 6. The number of amides is 2. The molecule has 5 aromatic rings. The van der Waals surface area contributed by atoms with Crippen molar-refractivity contribution in [1.29, 1.82) is 0 Å². The van der Waals surface area contributed by atoms with E-state index in [0.29, 0.717) is 25.3 Å². The number of likely N-dealkylation sites (N-methyl/N-ethyl adjacent to an activating group) is 1. The number of carbonyl (C=O) groups is 1. The Balaban J connectivity index is 1.19. The molecule has 4 aromatic heterocycles. The molecule has 0 unspecified atom stereocenters. The molecule has 9 nitrogen and oxygen atoms in total. The molecular formula is C32H30N8O. The molecule has 2 aliphatic heterocycles. The lowest BCUT2D eigenvalue weighted by molar-refractivity contribution is 0.164. The van der Waals surface area contributed by atoms with Gasteiger partial charge in [-0.05, 0) is 54.6 Å². The molecule has 2 aliphatic rings. The maximum Gasteiger partial charge on any atom is 0.321 e. The van der Waals surface area contributed by atoms with Gasteiger partial charge in [-0.1, -0.05) is 12.1 Å². The first kappa shape index (κ1) is 25.1. The van der Waals surface area contributed by atoms with Gasteiger partial charge in [0.1, 0.15) is 0 Å². The first-order valence-electron chi connectivity index (χ1n) is 13.9. The van der Waals surface area contributed by atoms with Gasteiger partial charge in [0.25, 0.3) is 0 Å². The molecule has 0 spiro atoms. The number of hydrogen-bond donors (Lipinski definition) is 2. The van der Waals surface area contributed by atoms with E-state index < -0.39 is 0 Å². The fourth-order valence-corrected chi connectivity index (χ4v) is 5.59. The standard InChI is InChI=1S/C32H30N8O/c1-39-11-13-40(14-12-39)32(41)37-24-15-22(18-34-20-24)23-16-27-28(36-19-23)7-10-35-31(27)30-17-26-25(3-2-4-29(26)38-30)21-5-8-33-9-6-21/h2-6,8-9,15-20,38H,7,10-14H2,1H3,(H,37,41). The van der Waals surface area contributed by atoms with Gasteiger partial charge in [0.15, 0.2) is 0 Å². The van der Waals surface area contributed by atoms with E-state index in [9.17, 15) is 4.79 Å². The van der Waals surface area contributed by atoms with Gasteiger partial charge < -0.3 is 20.1 Å². The van der Waals surface area contributed by atoms with Gasteiger partial charge in [0.05, 0.1) is 29.0 Å². The second-order valence-electron chi connectivity index (χ2n) is 10.6. The van der Waals surface area contributed by atoms with Crippen molar-refractivity contribution < 1.29 is 4.79 Å². The zero-order valence-corrected chi connectivity index (χ0v) is 22.8. The summed E-state index contributed by atoms with van der Waals surface area (Å²) < 4.78 is 0. The third-order valence-electron chi connectivity index (χ3n) is 7.87. The Labute approximate surface area is 238 Å². The van der Waals surface area contributed by atoms with Crippen molar-refractivity contribution in [3.8, 4) is 22.3 Å². The van der Waals surface area contributed by atoms with Crippen molar-refractivity contribution >= 4 is 28.3 Å². The number of H-pyrrole nitrogens is 1. The van der Waals surface area contributed by atoms with Crippen LogP contribution in [0.15, 0.2) is 84.5 Å². The quantitative estimate of drug-likeness (QED) is 0.338. The van der Waals surface area contributed by atoms with E-state index in [2.05, 4.69) is 62.5 Å². The number of aliphatic imine (C=N–C) groups is 1. The zero-order chi connectivity index (χ0) is 27.8. The van der Waals surface area contributed by atoms with E-state index in [1.54, 1.807) is 12.4 Å². The van der Waals surface area contributed by atoms with Gasteiger partial charge in [0, 0.05) is 91.5 Å². The van der Waals surface area contributed by atoms with E-state index >= 15 is 0 Å². The molecule has 204 valence electrons. The summed E-state index contributed by atoms with van der Waals surface area (Å²) in [6.45, 7) is 3.86. The van der Waals surface area contributed by atoms with Crippen LogP contribution in [-0.4, -0.2) is 81.2 Å². The number of aromatic nitrogens is 4. The summed E-state index contributed by atoms with van der Waals surface area (Å²) in [6, 6.07) is 16.5. The number of nitrogens with one attached hydrogen (secondary N) is 2. The summed E-state index contributed by atoms with van der Waals surface area (Å²) in [5.74, 6) is 0. The molecule has 1 aromatic carbocycles. The molecule has 0 saturated carbocycles. The van der Waals surface area contributed by atoms with Crippen LogP contribution >= 0.6 is 0 Å². The minimum Gasteiger partial charge on any atom is -0.353 e. The summed E-state index contributed by atoms with van der Waals surface area (Å²) in [7, 11) is 2.07. The van der Waals surface area contributed by atoms with E-state index in [0.717, 1.165) is 75.3 Å². The molecule has 1 saturated heterocycles. The minimum atomic E-state index is -0.0972. The number of benzene rings is 1. The summed E-state index contributed by atoms with van der Waals surface area (Å²) >= 11 is 0. The fraction of sp³-hybridized carbons (Fsp3) is 0.219. The van der Waals surface area contributed by atoms with Crippen LogP contribution in [-0.2, 0) is 6.42 Å². The predicted octanol–water partition coefficient (Wildman–Crippen LogP) is 4.86. The molecule has 0 aliphatic carbocycles. The average molecular weight is 543 g/mol. The number of anilines is 1. The number of pyridine rings is 3. The second-order valence-corrected chi connectivity index (χ2v) is 10.6. The Morgan fingerprint density at radius 2 is 1.71 bits per heavy atom. The Morgan fingerprint density at radius 1 is 0.878 bits per heavy atom. The van der Waals surface area contributed by atoms with Crippen LogP contribution in [0.5, 0.6) is 0 Å². The number of fused-ring (bicyclic) bond motifs is 2. The topological polar surface area (TPSA) is 102 Å². The van der Waals surface area contributed by atoms with Crippen molar-refractivity contribution in [1.82, 2.24) is 29.7 Å². The lowest BCUT2D eigenvalue weighted by atomic mass is 9.96. The molecule has 0 radical (unpaired) electrons. The lowest BCUT2D eigenvalue weighted by Crippen LogP contribution is -2.48. The summed E-state index contributed by atoms with van der Waals surface area (Å²) in [5, 5.41) is 4.16. The van der Waals surface area contributed by atoms with Crippen molar-refractivity contribution in [2.45, 2.75) is 6.42 Å². The molecule has 2 amide bonds. The fourth-order valence-electron chi connectivity index (χ4n) is 5.59. The number of rotatable bonds is 4. The van der Waals surface area contributed by atoms with Crippen LogP contribution in [0.3, 0.4) is 0 Å². The van der Waals surface area contributed by atoms with Gasteiger partial charge in [0.2, 0.25) is 0 Å². The van der Waals surface area contributed by atoms with Gasteiger partial charge in [-0.2, -0.15) is 0 Å². The lowest BCUT2D eigenvalue weighted by Gasteiger charge is -2.32. The van der Waals surface area contributed by atoms with Gasteiger partial charge >= 0.3 is 6.03 Å². The SMILES string of the molecule is CN1CCN(C(=O)Nc2cncc(-c3cnc4c(c3)C(c3cc5c(-c6ccncc6)cccc5[nH]3)=NCC4)c2)CC1. The number of urea groups is 1. The largest absolute Gasteiger partial charge is 0.353 e. The molecular weight excluding hydrogens is 512 g/mol. The molecule has 2 N–H and O–H groups in total. The Morgan fingerprint density at radius 3 is 2.56 bits per heavy atom. The predicted molar refractivity (Wildman–Crippen MR) is 161 cm³/mol. The maximum atomic E-state index is 12.8. The van der Waals surface area contributed by atoms with Crippen LogP contribution in [0.4, 0.5) is 10.5 Å². The van der Waals surface area contributed by atoms with Gasteiger partial charge in [-0.3, -0.25) is 19.9 Å². The zero-order valence-electron chi connectivity index (χ0n) is 22.8. The van der Waals surface area contributed by atoms with Crippen LogP contribution in [0.25, 0.3) is 33.2 Å². The van der Waals surface area contributed by atoms with E-state index in [-0.39, 0.29) is 6.03 Å². The number of aromatic amines is 1. The van der Waals surface area contributed by atoms with E-state index in [1.807, 2.05) is 41.7 Å². The molecule has 1 fully saturated rings. The normalized spacial score (nSPS) is 15.4. The summed E-state index contributed by atoms with van der Waals surface area (Å²) in [5.41, 5.74) is 9.72. The first-order chi connectivity index (χ1) is 20.1. The Hall–Kier alpha value is -4.89. The summed E-state index contributed by atoms with van der Waals surface area (Å²) in [6.07, 6.45) is 9.80. The van der Waals surface area contributed by atoms with Crippen LogP contribution < -0.4 is 5.32 Å². The third kappa shape index (κ3) is 4.96. The molecule has 7 rings (SSSR count). The van der Waals surface area contributed by atoms with E-state index in [4.69, 9.17) is 9.98 Å². The highest BCUT2D eigenvalue weighted by atomic mass is 16.2. The van der Waals surface area contributed by atoms with Crippen molar-refractivity contribution in [3.63, 3.8) is 0 Å². The smallest absolute Gasteiger partial charge is 0.321 e. The van der Waals surface area contributed by atoms with Crippen LogP contribution in [0.1, 0.15) is 17.0 Å². The third-order valence-corrected chi connectivity index (χ3v) is 7.87. The monoisotopic (exact) mass is 542 g/mol. The molecule has 0 atom stereocenters. The Bertz CT molecular complexity index is 1770. The van der Waals surface area contributed by atoms with E-state index in [1.165, 1.54) is 0 Å². The molecule has 6 heterocycles. The second kappa shape index (κ2) is 10.6. The highest BCUT2D eigenvalue weighted by Crippen LogP contribution is 2.32. The number of nitrogens with zero attached hydrogens (tertiary/aromatic N) is 6. The maximum absolute atomic E-state index is 12.8. The van der Waals surface area contributed by atoms with Crippen LogP contribution in [0.2, 0.25) is 0 Å². The highest BCUT2D eigenvalue weighted by Gasteiger charge is 2.22. The minimum absolute atomic E-state index is 0.0972. The van der Waals surface area contributed by atoms with Gasteiger partial charge in [-0.15, -0.1) is 0 Å². The molecule has 41 heavy (non-hydrogen) atoms. The first-order valence-corrected chi connectivity index (χ1v) is 13.9. The molecule has 0 bridgehead atoms. The summed E-state index contributed by atoms with van der Waals surface area (Å²) in [4.78, 5) is 38.9. The van der Waals surface area contributed by atoms with Gasteiger partial charge in [-0.25, -0.2) is 4.79 Å².